The zero-order chi connectivity index (χ0) is 20.2. The van der Waals surface area contributed by atoms with Crippen LogP contribution in [0, 0.1) is 0 Å². The molecular weight excluding hydrogens is 372 g/mol. The number of nitrogens with one attached hydrogen (secondary N) is 2. The number of fused-ring (bicyclic) bond motifs is 1. The Morgan fingerprint density at radius 2 is 2.03 bits per heavy atom. The summed E-state index contributed by atoms with van der Waals surface area (Å²) in [4.78, 5) is 20.0. The van der Waals surface area contributed by atoms with Gasteiger partial charge in [0.25, 0.3) is 0 Å². The number of carbonyl (C=O) groups is 1. The van der Waals surface area contributed by atoms with Crippen molar-refractivity contribution in [2.75, 3.05) is 19.0 Å². The minimum absolute atomic E-state index is 0.223. The fourth-order valence-corrected chi connectivity index (χ4v) is 3.43. The zero-order valence-electron chi connectivity index (χ0n) is 16.0. The molecule has 150 valence electrons. The molecule has 3 aromatic rings. The van der Waals surface area contributed by atoms with E-state index < -0.39 is 12.0 Å². The molecule has 1 saturated heterocycles. The van der Waals surface area contributed by atoms with Crippen LogP contribution in [0.1, 0.15) is 12.8 Å². The van der Waals surface area contributed by atoms with Crippen molar-refractivity contribution in [1.29, 1.82) is 0 Å². The van der Waals surface area contributed by atoms with E-state index in [1.807, 2.05) is 36.4 Å². The maximum atomic E-state index is 11.3. The molecule has 8 nitrogen and oxygen atoms in total. The summed E-state index contributed by atoms with van der Waals surface area (Å²) in [6.45, 7) is 0.585. The summed E-state index contributed by atoms with van der Waals surface area (Å²) in [7, 11) is 1.57. The minimum Gasteiger partial charge on any atom is -0.493 e. The number of aromatic nitrogens is 2. The number of ether oxygens (including phenoxy) is 2. The Balaban J connectivity index is 1.66. The molecular formula is C21H22N4O4. The first-order valence-corrected chi connectivity index (χ1v) is 9.41. The van der Waals surface area contributed by atoms with Gasteiger partial charge in [-0.05, 0) is 31.2 Å². The van der Waals surface area contributed by atoms with Crippen molar-refractivity contribution < 1.29 is 19.4 Å². The average molecular weight is 394 g/mol. The van der Waals surface area contributed by atoms with Crippen molar-refractivity contribution in [3.8, 4) is 11.5 Å². The SMILES string of the molecule is COc1cc2ncnc(Nc3ccccc3)c2cc1OC1CCNC(C(=O)O)C1. The van der Waals surface area contributed by atoms with Gasteiger partial charge in [0.2, 0.25) is 0 Å². The molecule has 2 heterocycles. The first-order chi connectivity index (χ1) is 14.1. The summed E-state index contributed by atoms with van der Waals surface area (Å²) in [5, 5.41) is 16.4. The van der Waals surface area contributed by atoms with E-state index in [1.165, 1.54) is 6.33 Å². The molecule has 2 atom stereocenters. The Hall–Kier alpha value is -3.39. The maximum Gasteiger partial charge on any atom is 0.320 e. The molecule has 0 spiro atoms. The van der Waals surface area contributed by atoms with Crippen LogP contribution >= 0.6 is 0 Å². The Labute approximate surface area is 167 Å². The minimum atomic E-state index is -0.869. The standard InChI is InChI=1S/C21H22N4O4/c1-28-18-11-16-15(20(24-12-23-16)25-13-5-3-2-4-6-13)10-19(18)29-14-7-8-22-17(9-14)21(26)27/h2-6,10-12,14,17,22H,7-9H2,1H3,(H,26,27)(H,23,24,25). The van der Waals surface area contributed by atoms with Crippen molar-refractivity contribution in [1.82, 2.24) is 15.3 Å². The number of rotatable bonds is 6. The van der Waals surface area contributed by atoms with Crippen molar-refractivity contribution in [2.45, 2.75) is 25.0 Å². The second kappa shape index (κ2) is 8.32. The number of nitrogens with zero attached hydrogens (tertiary/aromatic N) is 2. The Kier molecular flexibility index (Phi) is 5.44. The van der Waals surface area contributed by atoms with Crippen molar-refractivity contribution in [2.24, 2.45) is 0 Å². The molecule has 4 rings (SSSR count). The van der Waals surface area contributed by atoms with E-state index in [-0.39, 0.29) is 6.10 Å². The van der Waals surface area contributed by atoms with Gasteiger partial charge in [-0.1, -0.05) is 18.2 Å². The Morgan fingerprint density at radius 3 is 2.79 bits per heavy atom. The summed E-state index contributed by atoms with van der Waals surface area (Å²) < 4.78 is 11.6. The zero-order valence-corrected chi connectivity index (χ0v) is 16.0. The fraction of sp³-hybridized carbons (Fsp3) is 0.286. The summed E-state index contributed by atoms with van der Waals surface area (Å²) in [6, 6.07) is 12.8. The van der Waals surface area contributed by atoms with Gasteiger partial charge in [0.05, 0.1) is 12.6 Å². The van der Waals surface area contributed by atoms with Crippen molar-refractivity contribution in [3.63, 3.8) is 0 Å². The van der Waals surface area contributed by atoms with E-state index >= 15 is 0 Å². The number of anilines is 2. The Morgan fingerprint density at radius 1 is 1.21 bits per heavy atom. The van der Waals surface area contributed by atoms with Gasteiger partial charge in [-0.2, -0.15) is 0 Å². The maximum absolute atomic E-state index is 11.3. The smallest absolute Gasteiger partial charge is 0.320 e. The van der Waals surface area contributed by atoms with E-state index in [0.717, 1.165) is 16.6 Å². The summed E-state index contributed by atoms with van der Waals surface area (Å²) in [5.41, 5.74) is 1.63. The van der Waals surface area contributed by atoms with Crippen LogP contribution in [0.25, 0.3) is 10.9 Å². The quantitative estimate of drug-likeness (QED) is 0.586. The number of methoxy groups -OCH3 is 1. The summed E-state index contributed by atoms with van der Waals surface area (Å²) in [6.07, 6.45) is 2.37. The lowest BCUT2D eigenvalue weighted by molar-refractivity contribution is -0.140. The highest BCUT2D eigenvalue weighted by molar-refractivity contribution is 5.93. The molecule has 2 unspecified atom stereocenters. The van der Waals surface area contributed by atoms with Gasteiger partial charge in [-0.25, -0.2) is 9.97 Å². The number of aliphatic carboxylic acids is 1. The van der Waals surface area contributed by atoms with Crippen molar-refractivity contribution in [3.05, 3.63) is 48.8 Å². The van der Waals surface area contributed by atoms with Crippen LogP contribution in [0.5, 0.6) is 11.5 Å². The number of hydrogen-bond acceptors (Lipinski definition) is 7. The van der Waals surface area contributed by atoms with Gasteiger partial charge >= 0.3 is 5.97 Å². The van der Waals surface area contributed by atoms with Gasteiger partial charge < -0.3 is 25.2 Å². The molecule has 2 aromatic carbocycles. The first kappa shape index (κ1) is 18.9. The number of carboxylic acid groups (broad SMARTS) is 1. The van der Waals surface area contributed by atoms with E-state index in [4.69, 9.17) is 9.47 Å². The van der Waals surface area contributed by atoms with Crippen LogP contribution < -0.4 is 20.1 Å². The first-order valence-electron chi connectivity index (χ1n) is 9.41. The van der Waals surface area contributed by atoms with Crippen LogP contribution in [0.2, 0.25) is 0 Å². The molecule has 0 bridgehead atoms. The van der Waals surface area contributed by atoms with E-state index in [0.29, 0.717) is 36.7 Å². The highest BCUT2D eigenvalue weighted by atomic mass is 16.5. The number of piperidine rings is 1. The van der Waals surface area contributed by atoms with Gasteiger partial charge in [-0.3, -0.25) is 4.79 Å². The molecule has 1 aliphatic rings. The highest BCUT2D eigenvalue weighted by Gasteiger charge is 2.28. The predicted molar refractivity (Wildman–Crippen MR) is 109 cm³/mol. The second-order valence-electron chi connectivity index (χ2n) is 6.84. The molecule has 1 aliphatic heterocycles. The van der Waals surface area contributed by atoms with Crippen LogP contribution in [0.4, 0.5) is 11.5 Å². The number of benzene rings is 2. The molecule has 1 fully saturated rings. The fourth-order valence-electron chi connectivity index (χ4n) is 3.43. The van der Waals surface area contributed by atoms with Gasteiger partial charge in [0, 0.05) is 23.6 Å². The lowest BCUT2D eigenvalue weighted by Crippen LogP contribution is -2.46. The third kappa shape index (κ3) is 4.22. The van der Waals surface area contributed by atoms with E-state index in [2.05, 4.69) is 20.6 Å². The lowest BCUT2D eigenvalue weighted by atomic mass is 10.0. The monoisotopic (exact) mass is 394 g/mol. The third-order valence-corrected chi connectivity index (χ3v) is 4.90. The highest BCUT2D eigenvalue weighted by Crippen LogP contribution is 2.36. The van der Waals surface area contributed by atoms with Crippen LogP contribution in [0.15, 0.2) is 48.8 Å². The van der Waals surface area contributed by atoms with Crippen LogP contribution in [0.3, 0.4) is 0 Å². The van der Waals surface area contributed by atoms with Crippen LogP contribution in [-0.2, 0) is 4.79 Å². The largest absolute Gasteiger partial charge is 0.493 e. The molecule has 0 amide bonds. The number of carboxylic acids is 1. The van der Waals surface area contributed by atoms with Gasteiger partial charge in [0.1, 0.15) is 24.3 Å². The molecule has 3 N–H and O–H groups in total. The molecule has 0 saturated carbocycles. The second-order valence-corrected chi connectivity index (χ2v) is 6.84. The number of hydrogen-bond donors (Lipinski definition) is 3. The van der Waals surface area contributed by atoms with Crippen LogP contribution in [-0.4, -0.2) is 46.8 Å². The molecule has 0 aliphatic carbocycles. The summed E-state index contributed by atoms with van der Waals surface area (Å²) >= 11 is 0. The van der Waals surface area contributed by atoms with Crippen molar-refractivity contribution >= 4 is 28.4 Å². The van der Waals surface area contributed by atoms with E-state index in [1.54, 1.807) is 13.2 Å². The third-order valence-electron chi connectivity index (χ3n) is 4.90. The van der Waals surface area contributed by atoms with E-state index in [9.17, 15) is 9.90 Å². The lowest BCUT2D eigenvalue weighted by Gasteiger charge is -2.29. The number of para-hydroxylation sites is 1. The summed E-state index contributed by atoms with van der Waals surface area (Å²) in [5.74, 6) is 0.878. The molecule has 29 heavy (non-hydrogen) atoms. The molecule has 0 radical (unpaired) electrons. The molecule has 8 heteroatoms. The average Bonchev–Trinajstić information content (AvgIpc) is 2.74. The Bertz CT molecular complexity index is 1010. The van der Waals surface area contributed by atoms with Gasteiger partial charge in [-0.15, -0.1) is 0 Å². The molecule has 1 aromatic heterocycles. The van der Waals surface area contributed by atoms with Gasteiger partial charge in [0.15, 0.2) is 11.5 Å². The topological polar surface area (TPSA) is 106 Å². The predicted octanol–water partition coefficient (Wildman–Crippen LogP) is 2.97. The normalized spacial score (nSPS) is 18.9.